The number of nitrogens with zero attached hydrogens (tertiary/aromatic N) is 4. The molecular weight excluding hydrogens is 200 g/mol. The van der Waals surface area contributed by atoms with Crippen LogP contribution in [-0.2, 0) is 0 Å². The summed E-state index contributed by atoms with van der Waals surface area (Å²) >= 11 is 1.30. The lowest BCUT2D eigenvalue weighted by molar-refractivity contribution is 0.249. The molecule has 1 fully saturated rings. The highest BCUT2D eigenvalue weighted by Gasteiger charge is 2.08. The minimum absolute atomic E-state index is 0.806. The zero-order valence-electron chi connectivity index (χ0n) is 7.94. The number of hydrogen-bond donors (Lipinski definition) is 2. The molecule has 14 heavy (non-hydrogen) atoms. The van der Waals surface area contributed by atoms with E-state index in [1.807, 2.05) is 0 Å². The van der Waals surface area contributed by atoms with Crippen molar-refractivity contribution in [2.75, 3.05) is 44.6 Å². The molecule has 1 aromatic rings. The van der Waals surface area contributed by atoms with E-state index in [1.165, 1.54) is 11.5 Å². The Kier molecular flexibility index (Phi) is 3.61. The molecule has 2 rings (SSSR count). The third-order valence-electron chi connectivity index (χ3n) is 2.21. The van der Waals surface area contributed by atoms with E-state index in [4.69, 9.17) is 0 Å². The quantitative estimate of drug-likeness (QED) is 0.687. The molecule has 2 heterocycles. The fourth-order valence-electron chi connectivity index (χ4n) is 1.46. The summed E-state index contributed by atoms with van der Waals surface area (Å²) in [6.07, 6.45) is 0. The lowest BCUT2D eigenvalue weighted by Gasteiger charge is -2.26. The Hall–Kier alpha value is -0.790. The minimum Gasteiger partial charge on any atom is -0.358 e. The maximum Gasteiger partial charge on any atom is 0.225 e. The summed E-state index contributed by atoms with van der Waals surface area (Å²) in [6.45, 7) is 6.44. The minimum atomic E-state index is 0.806. The molecular formula is C7H14N6S. The average molecular weight is 214 g/mol. The Bertz CT molecular complexity index is 245. The van der Waals surface area contributed by atoms with Gasteiger partial charge in [0.25, 0.3) is 0 Å². The molecule has 0 bridgehead atoms. The van der Waals surface area contributed by atoms with Gasteiger partial charge in [0.15, 0.2) is 0 Å². The van der Waals surface area contributed by atoms with Gasteiger partial charge in [-0.05, 0) is 5.21 Å². The summed E-state index contributed by atoms with van der Waals surface area (Å²) < 4.78 is 3.68. The summed E-state index contributed by atoms with van der Waals surface area (Å²) in [6, 6.07) is 0. The summed E-state index contributed by atoms with van der Waals surface area (Å²) in [5.41, 5.74) is 0. The van der Waals surface area contributed by atoms with Gasteiger partial charge in [0, 0.05) is 50.8 Å². The maximum absolute atomic E-state index is 3.81. The van der Waals surface area contributed by atoms with Crippen LogP contribution < -0.4 is 10.6 Å². The molecule has 0 amide bonds. The number of nitrogens with one attached hydrogen (secondary N) is 2. The highest BCUT2D eigenvalue weighted by atomic mass is 32.1. The maximum atomic E-state index is 3.81. The molecule has 0 aromatic carbocycles. The Morgan fingerprint density at radius 1 is 1.43 bits per heavy atom. The van der Waals surface area contributed by atoms with Crippen molar-refractivity contribution in [3.8, 4) is 0 Å². The molecule has 1 aliphatic heterocycles. The predicted molar refractivity (Wildman–Crippen MR) is 55.5 cm³/mol. The Labute approximate surface area is 86.9 Å². The van der Waals surface area contributed by atoms with E-state index in [0.29, 0.717) is 0 Å². The predicted octanol–water partition coefficient (Wildman–Crippen LogP) is -0.750. The number of aromatic nitrogens is 3. The van der Waals surface area contributed by atoms with Gasteiger partial charge < -0.3 is 10.6 Å². The first-order valence-corrected chi connectivity index (χ1v) is 5.54. The second-order valence-electron chi connectivity index (χ2n) is 3.19. The van der Waals surface area contributed by atoms with Crippen molar-refractivity contribution in [2.45, 2.75) is 0 Å². The highest BCUT2D eigenvalue weighted by molar-refractivity contribution is 7.09. The molecule has 0 atom stereocenters. The van der Waals surface area contributed by atoms with Gasteiger partial charge in [0.2, 0.25) is 5.13 Å². The van der Waals surface area contributed by atoms with Crippen molar-refractivity contribution in [2.24, 2.45) is 0 Å². The molecule has 2 N–H and O–H groups in total. The highest BCUT2D eigenvalue weighted by Crippen LogP contribution is 2.03. The Balaban J connectivity index is 1.62. The SMILES string of the molecule is C1CN(CCNc2nnns2)CCN1. The van der Waals surface area contributed by atoms with Crippen molar-refractivity contribution in [1.29, 1.82) is 0 Å². The van der Waals surface area contributed by atoms with Crippen LogP contribution in [0.2, 0.25) is 0 Å². The number of hydrogen-bond acceptors (Lipinski definition) is 7. The fourth-order valence-corrected chi connectivity index (χ4v) is 1.85. The first-order valence-electron chi connectivity index (χ1n) is 4.77. The lowest BCUT2D eigenvalue weighted by Crippen LogP contribution is -2.45. The van der Waals surface area contributed by atoms with Crippen LogP contribution in [0, 0.1) is 0 Å². The topological polar surface area (TPSA) is 66.0 Å². The van der Waals surface area contributed by atoms with Crippen LogP contribution in [0.1, 0.15) is 0 Å². The van der Waals surface area contributed by atoms with Gasteiger partial charge in [0.1, 0.15) is 0 Å². The zero-order valence-corrected chi connectivity index (χ0v) is 8.76. The molecule has 0 unspecified atom stereocenters. The van der Waals surface area contributed by atoms with Crippen LogP contribution in [0.15, 0.2) is 0 Å². The smallest absolute Gasteiger partial charge is 0.225 e. The van der Waals surface area contributed by atoms with Crippen LogP contribution in [-0.4, -0.2) is 59.0 Å². The summed E-state index contributed by atoms with van der Waals surface area (Å²) in [5.74, 6) is 0. The van der Waals surface area contributed by atoms with Gasteiger partial charge in [-0.15, -0.1) is 0 Å². The number of rotatable bonds is 4. The van der Waals surface area contributed by atoms with Gasteiger partial charge in [-0.1, -0.05) is 9.59 Å². The molecule has 1 saturated heterocycles. The van der Waals surface area contributed by atoms with Gasteiger partial charge >= 0.3 is 0 Å². The molecule has 0 spiro atoms. The van der Waals surface area contributed by atoms with Crippen LogP contribution in [0.3, 0.4) is 0 Å². The molecule has 0 aliphatic carbocycles. The van der Waals surface area contributed by atoms with Gasteiger partial charge in [-0.3, -0.25) is 4.90 Å². The number of piperazine rings is 1. The summed E-state index contributed by atoms with van der Waals surface area (Å²) in [4.78, 5) is 2.43. The van der Waals surface area contributed by atoms with E-state index in [1.54, 1.807) is 0 Å². The molecule has 1 aliphatic rings. The van der Waals surface area contributed by atoms with E-state index < -0.39 is 0 Å². The standard InChI is InChI=1S/C7H14N6S/c1-4-13(5-2-8-1)6-3-9-7-10-11-12-14-7/h8H,1-6H2,(H,9,10,12). The Morgan fingerprint density at radius 2 is 2.29 bits per heavy atom. The second-order valence-corrected chi connectivity index (χ2v) is 3.92. The molecule has 78 valence electrons. The molecule has 0 radical (unpaired) electrons. The van der Waals surface area contributed by atoms with Crippen LogP contribution in [0.25, 0.3) is 0 Å². The van der Waals surface area contributed by atoms with Crippen LogP contribution >= 0.6 is 11.5 Å². The van der Waals surface area contributed by atoms with Crippen LogP contribution in [0.5, 0.6) is 0 Å². The molecule has 1 aromatic heterocycles. The van der Waals surface area contributed by atoms with E-state index in [-0.39, 0.29) is 0 Å². The van der Waals surface area contributed by atoms with Gasteiger partial charge in [0.05, 0.1) is 0 Å². The van der Waals surface area contributed by atoms with Crippen molar-refractivity contribution >= 4 is 16.7 Å². The lowest BCUT2D eigenvalue weighted by atomic mass is 10.3. The van der Waals surface area contributed by atoms with Crippen molar-refractivity contribution in [3.05, 3.63) is 0 Å². The van der Waals surface area contributed by atoms with Crippen molar-refractivity contribution in [3.63, 3.8) is 0 Å². The van der Waals surface area contributed by atoms with Crippen LogP contribution in [0.4, 0.5) is 5.13 Å². The first-order chi connectivity index (χ1) is 6.95. The largest absolute Gasteiger partial charge is 0.358 e. The third kappa shape index (κ3) is 2.86. The monoisotopic (exact) mass is 214 g/mol. The fraction of sp³-hybridized carbons (Fsp3) is 0.857. The molecule has 0 saturated carbocycles. The van der Waals surface area contributed by atoms with E-state index >= 15 is 0 Å². The average Bonchev–Trinajstić information content (AvgIpc) is 2.72. The summed E-state index contributed by atoms with van der Waals surface area (Å²) in [5, 5.41) is 14.7. The zero-order chi connectivity index (χ0) is 9.64. The van der Waals surface area contributed by atoms with Crippen molar-refractivity contribution in [1.82, 2.24) is 25.0 Å². The van der Waals surface area contributed by atoms with Crippen molar-refractivity contribution < 1.29 is 0 Å². The summed E-state index contributed by atoms with van der Waals surface area (Å²) in [7, 11) is 0. The van der Waals surface area contributed by atoms with E-state index in [2.05, 4.69) is 30.3 Å². The third-order valence-corrected chi connectivity index (χ3v) is 2.77. The van der Waals surface area contributed by atoms with Gasteiger partial charge in [-0.2, -0.15) is 0 Å². The van der Waals surface area contributed by atoms with E-state index in [0.717, 1.165) is 44.4 Å². The van der Waals surface area contributed by atoms with Gasteiger partial charge in [-0.25, -0.2) is 0 Å². The number of anilines is 1. The normalized spacial score (nSPS) is 18.3. The second kappa shape index (κ2) is 5.18. The Morgan fingerprint density at radius 3 is 3.00 bits per heavy atom. The van der Waals surface area contributed by atoms with E-state index in [9.17, 15) is 0 Å². The molecule has 7 heteroatoms. The first kappa shape index (κ1) is 9.75. The molecule has 6 nitrogen and oxygen atoms in total.